The number of ether oxygens (including phenoxy) is 1. The summed E-state index contributed by atoms with van der Waals surface area (Å²) in [5, 5.41) is 3.64. The zero-order valence-corrected chi connectivity index (χ0v) is 15.0. The Labute approximate surface area is 127 Å². The van der Waals surface area contributed by atoms with Gasteiger partial charge in [0, 0.05) is 32.8 Å². The fraction of sp³-hybridized carbons (Fsp3) is 1.00. The number of rotatable bonds is 12. The molecule has 0 spiro atoms. The van der Waals surface area contributed by atoms with Crippen molar-refractivity contribution in [2.24, 2.45) is 11.3 Å². The molecule has 0 rings (SSSR count). The summed E-state index contributed by atoms with van der Waals surface area (Å²) in [6.07, 6.45) is 2.40. The van der Waals surface area contributed by atoms with Crippen LogP contribution in [0.2, 0.25) is 0 Å². The van der Waals surface area contributed by atoms with Gasteiger partial charge in [-0.2, -0.15) is 0 Å². The van der Waals surface area contributed by atoms with Crippen molar-refractivity contribution in [2.75, 3.05) is 39.9 Å². The summed E-state index contributed by atoms with van der Waals surface area (Å²) in [7, 11) is 1.79. The number of hydrogen-bond acceptors (Lipinski definition) is 3. The Hall–Kier alpha value is -0.120. The van der Waals surface area contributed by atoms with Crippen LogP contribution in [0.15, 0.2) is 0 Å². The lowest BCUT2D eigenvalue weighted by Crippen LogP contribution is -2.46. The first kappa shape index (κ1) is 19.9. The van der Waals surface area contributed by atoms with E-state index in [1.807, 2.05) is 0 Å². The van der Waals surface area contributed by atoms with Crippen molar-refractivity contribution in [3.63, 3.8) is 0 Å². The molecule has 2 unspecified atom stereocenters. The number of methoxy groups -OCH3 is 1. The molecule has 20 heavy (non-hydrogen) atoms. The first-order chi connectivity index (χ1) is 9.38. The van der Waals surface area contributed by atoms with Crippen LogP contribution in [-0.2, 0) is 4.74 Å². The maximum absolute atomic E-state index is 5.27. The second-order valence-electron chi connectivity index (χ2n) is 6.91. The molecular formula is C17H38N2O. The van der Waals surface area contributed by atoms with E-state index in [0.29, 0.717) is 11.5 Å². The number of nitrogens with zero attached hydrogens (tertiary/aromatic N) is 1. The molecule has 0 saturated carbocycles. The molecule has 122 valence electrons. The van der Waals surface area contributed by atoms with E-state index in [9.17, 15) is 0 Å². The summed E-state index contributed by atoms with van der Waals surface area (Å²) < 4.78 is 5.27. The van der Waals surface area contributed by atoms with E-state index < -0.39 is 0 Å². The fourth-order valence-electron chi connectivity index (χ4n) is 2.37. The molecule has 3 nitrogen and oxygen atoms in total. The zero-order chi connectivity index (χ0) is 15.6. The molecule has 0 aliphatic carbocycles. The van der Waals surface area contributed by atoms with Crippen LogP contribution in [-0.4, -0.2) is 50.8 Å². The summed E-state index contributed by atoms with van der Waals surface area (Å²) in [6.45, 7) is 19.0. The quantitative estimate of drug-likeness (QED) is 0.595. The van der Waals surface area contributed by atoms with Gasteiger partial charge in [0.1, 0.15) is 0 Å². The summed E-state index contributed by atoms with van der Waals surface area (Å²) in [5.41, 5.74) is 0.339. The van der Waals surface area contributed by atoms with Gasteiger partial charge in [0.05, 0.1) is 6.61 Å². The third kappa shape index (κ3) is 8.23. The lowest BCUT2D eigenvalue weighted by Gasteiger charge is -2.38. The highest BCUT2D eigenvalue weighted by Crippen LogP contribution is 2.23. The maximum Gasteiger partial charge on any atom is 0.0589 e. The standard InChI is InChI=1S/C17H38N2O/c1-8-16(5)19(10-11-20-7)14-17(6,9-2)13-18-12-15(3)4/h15-16,18H,8-14H2,1-7H3. The summed E-state index contributed by atoms with van der Waals surface area (Å²) in [5.74, 6) is 0.718. The topological polar surface area (TPSA) is 24.5 Å². The van der Waals surface area contributed by atoms with Gasteiger partial charge in [-0.3, -0.25) is 4.90 Å². The lowest BCUT2D eigenvalue weighted by atomic mass is 9.86. The highest BCUT2D eigenvalue weighted by atomic mass is 16.5. The number of hydrogen-bond donors (Lipinski definition) is 1. The third-order valence-electron chi connectivity index (χ3n) is 4.34. The minimum absolute atomic E-state index is 0.339. The highest BCUT2D eigenvalue weighted by Gasteiger charge is 2.26. The SMILES string of the molecule is CCC(C)N(CCOC)CC(C)(CC)CNCC(C)C. The predicted molar refractivity (Wildman–Crippen MR) is 89.3 cm³/mol. The Morgan fingerprint density at radius 3 is 2.30 bits per heavy atom. The molecule has 0 aromatic heterocycles. The highest BCUT2D eigenvalue weighted by molar-refractivity contribution is 4.82. The Balaban J connectivity index is 4.49. The molecule has 0 aliphatic heterocycles. The Kier molecular flexibility index (Phi) is 10.5. The largest absolute Gasteiger partial charge is 0.383 e. The molecule has 0 amide bonds. The van der Waals surface area contributed by atoms with Gasteiger partial charge in [0.2, 0.25) is 0 Å². The second-order valence-corrected chi connectivity index (χ2v) is 6.91. The molecule has 0 heterocycles. The molecule has 0 aromatic rings. The van der Waals surface area contributed by atoms with Crippen LogP contribution in [0, 0.1) is 11.3 Å². The van der Waals surface area contributed by atoms with E-state index in [4.69, 9.17) is 4.74 Å². The van der Waals surface area contributed by atoms with Crippen LogP contribution in [0.4, 0.5) is 0 Å². The molecular weight excluding hydrogens is 248 g/mol. The summed E-state index contributed by atoms with van der Waals surface area (Å²) in [6, 6.07) is 0.626. The van der Waals surface area contributed by atoms with Gasteiger partial charge in [-0.1, -0.05) is 34.6 Å². The van der Waals surface area contributed by atoms with Crippen molar-refractivity contribution in [2.45, 2.75) is 60.4 Å². The number of nitrogens with one attached hydrogen (secondary N) is 1. The van der Waals surface area contributed by atoms with Gasteiger partial charge < -0.3 is 10.1 Å². The molecule has 1 N–H and O–H groups in total. The fourth-order valence-corrected chi connectivity index (χ4v) is 2.37. The monoisotopic (exact) mass is 286 g/mol. The van der Waals surface area contributed by atoms with Gasteiger partial charge >= 0.3 is 0 Å². The zero-order valence-electron chi connectivity index (χ0n) is 15.0. The Bertz CT molecular complexity index is 233. The molecule has 0 bridgehead atoms. The first-order valence-electron chi connectivity index (χ1n) is 8.32. The van der Waals surface area contributed by atoms with E-state index in [0.717, 1.165) is 38.7 Å². The van der Waals surface area contributed by atoms with Gasteiger partial charge in [0.15, 0.2) is 0 Å². The van der Waals surface area contributed by atoms with Crippen LogP contribution >= 0.6 is 0 Å². The normalized spacial score (nSPS) is 16.6. The van der Waals surface area contributed by atoms with Crippen LogP contribution in [0.5, 0.6) is 0 Å². The third-order valence-corrected chi connectivity index (χ3v) is 4.34. The Morgan fingerprint density at radius 1 is 1.20 bits per heavy atom. The maximum atomic E-state index is 5.27. The molecule has 0 saturated heterocycles. The van der Waals surface area contributed by atoms with Crippen molar-refractivity contribution in [3.05, 3.63) is 0 Å². The van der Waals surface area contributed by atoms with Crippen LogP contribution in [0.1, 0.15) is 54.4 Å². The van der Waals surface area contributed by atoms with Crippen LogP contribution in [0.3, 0.4) is 0 Å². The lowest BCUT2D eigenvalue weighted by molar-refractivity contribution is 0.0809. The van der Waals surface area contributed by atoms with E-state index in [1.54, 1.807) is 7.11 Å². The van der Waals surface area contributed by atoms with Crippen molar-refractivity contribution >= 4 is 0 Å². The van der Waals surface area contributed by atoms with Gasteiger partial charge in [-0.15, -0.1) is 0 Å². The summed E-state index contributed by atoms with van der Waals surface area (Å²) >= 11 is 0. The smallest absolute Gasteiger partial charge is 0.0589 e. The van der Waals surface area contributed by atoms with Crippen LogP contribution < -0.4 is 5.32 Å². The molecule has 2 atom stereocenters. The van der Waals surface area contributed by atoms with E-state index in [-0.39, 0.29) is 0 Å². The van der Waals surface area contributed by atoms with E-state index >= 15 is 0 Å². The van der Waals surface area contributed by atoms with E-state index in [2.05, 4.69) is 51.8 Å². The minimum Gasteiger partial charge on any atom is -0.383 e. The molecule has 0 fully saturated rings. The van der Waals surface area contributed by atoms with Crippen molar-refractivity contribution in [3.8, 4) is 0 Å². The average Bonchev–Trinajstić information content (AvgIpc) is 2.42. The second kappa shape index (κ2) is 10.6. The van der Waals surface area contributed by atoms with Gasteiger partial charge in [0.25, 0.3) is 0 Å². The molecule has 3 heteroatoms. The molecule has 0 radical (unpaired) electrons. The van der Waals surface area contributed by atoms with Gasteiger partial charge in [-0.05, 0) is 37.6 Å². The Morgan fingerprint density at radius 2 is 1.85 bits per heavy atom. The molecule has 0 aliphatic rings. The summed E-state index contributed by atoms with van der Waals surface area (Å²) in [4.78, 5) is 2.59. The van der Waals surface area contributed by atoms with Crippen molar-refractivity contribution < 1.29 is 4.74 Å². The predicted octanol–water partition coefficient (Wildman–Crippen LogP) is 3.40. The van der Waals surface area contributed by atoms with Crippen LogP contribution in [0.25, 0.3) is 0 Å². The van der Waals surface area contributed by atoms with Gasteiger partial charge in [-0.25, -0.2) is 0 Å². The average molecular weight is 287 g/mol. The molecule has 0 aromatic carbocycles. The first-order valence-corrected chi connectivity index (χ1v) is 8.32. The van der Waals surface area contributed by atoms with E-state index in [1.165, 1.54) is 12.8 Å². The van der Waals surface area contributed by atoms with Crippen molar-refractivity contribution in [1.29, 1.82) is 0 Å². The minimum atomic E-state index is 0.339. The van der Waals surface area contributed by atoms with Crippen molar-refractivity contribution in [1.82, 2.24) is 10.2 Å².